The Balaban J connectivity index is 2.14. The van der Waals surface area contributed by atoms with E-state index in [4.69, 9.17) is 5.73 Å². The zero-order valence-corrected chi connectivity index (χ0v) is 13.1. The molecule has 0 saturated heterocycles. The molecule has 3 heteroatoms. The summed E-state index contributed by atoms with van der Waals surface area (Å²) in [5, 5.41) is 1.35. The number of unbranched alkanes of at least 4 members (excludes halogenated alkanes) is 1. The molecule has 0 unspecified atom stereocenters. The monoisotopic (exact) mass is 293 g/mol. The number of nitrogens with zero attached hydrogens (tertiary/aromatic N) is 1. The van der Waals surface area contributed by atoms with E-state index < -0.39 is 0 Å². The molecule has 0 saturated carbocycles. The lowest BCUT2D eigenvalue weighted by Gasteiger charge is -2.05. The maximum atomic E-state index is 5.66. The molecule has 1 aromatic carbocycles. The van der Waals surface area contributed by atoms with Gasteiger partial charge in [-0.3, -0.25) is 4.98 Å². The Hall–Kier alpha value is -2.13. The number of nitrogens with two attached hydrogens (primary N) is 1. The molecule has 0 fully saturated rings. The van der Waals surface area contributed by atoms with Crippen LogP contribution in [0.5, 0.6) is 0 Å². The summed E-state index contributed by atoms with van der Waals surface area (Å²) in [6.45, 7) is 2.96. The Kier molecular flexibility index (Phi) is 4.54. The fraction of sp³-hybridized carbons (Fsp3) is 0.316. The SMILES string of the molecule is CCc1cccc2c(CCCCN)c(-c3ccncc3)[nH]c12. The molecule has 0 spiro atoms. The molecule has 3 nitrogen and oxygen atoms in total. The van der Waals surface area contributed by atoms with Gasteiger partial charge in [0, 0.05) is 34.6 Å². The lowest BCUT2D eigenvalue weighted by Crippen LogP contribution is -1.99. The van der Waals surface area contributed by atoms with Gasteiger partial charge in [-0.15, -0.1) is 0 Å². The molecule has 114 valence electrons. The van der Waals surface area contributed by atoms with Gasteiger partial charge in [-0.25, -0.2) is 0 Å². The third kappa shape index (κ3) is 2.77. The van der Waals surface area contributed by atoms with Crippen molar-refractivity contribution in [1.29, 1.82) is 0 Å². The van der Waals surface area contributed by atoms with E-state index in [-0.39, 0.29) is 0 Å². The van der Waals surface area contributed by atoms with Crippen LogP contribution in [0.3, 0.4) is 0 Å². The van der Waals surface area contributed by atoms with Crippen molar-refractivity contribution in [1.82, 2.24) is 9.97 Å². The molecule has 0 radical (unpaired) electrons. The third-order valence-electron chi connectivity index (χ3n) is 4.26. The third-order valence-corrected chi connectivity index (χ3v) is 4.26. The van der Waals surface area contributed by atoms with Crippen molar-refractivity contribution >= 4 is 10.9 Å². The molecule has 0 bridgehead atoms. The summed E-state index contributed by atoms with van der Waals surface area (Å²) in [5.74, 6) is 0. The van der Waals surface area contributed by atoms with Gasteiger partial charge in [0.2, 0.25) is 0 Å². The van der Waals surface area contributed by atoms with E-state index in [2.05, 4.69) is 47.2 Å². The Morgan fingerprint density at radius 2 is 1.91 bits per heavy atom. The zero-order valence-electron chi connectivity index (χ0n) is 13.1. The van der Waals surface area contributed by atoms with Crippen LogP contribution < -0.4 is 5.73 Å². The van der Waals surface area contributed by atoms with Gasteiger partial charge < -0.3 is 10.7 Å². The second kappa shape index (κ2) is 6.75. The number of aryl methyl sites for hydroxylation is 2. The second-order valence-corrected chi connectivity index (χ2v) is 5.65. The number of nitrogens with one attached hydrogen (secondary N) is 1. The van der Waals surface area contributed by atoms with Crippen LogP contribution in [-0.2, 0) is 12.8 Å². The summed E-state index contributed by atoms with van der Waals surface area (Å²) in [6.07, 6.45) is 7.99. The number of H-pyrrole nitrogens is 1. The number of hydrogen-bond donors (Lipinski definition) is 2. The number of hydrogen-bond acceptors (Lipinski definition) is 2. The van der Waals surface area contributed by atoms with Gasteiger partial charge in [0.15, 0.2) is 0 Å². The number of aromatic amines is 1. The topological polar surface area (TPSA) is 54.7 Å². The van der Waals surface area contributed by atoms with Crippen molar-refractivity contribution in [2.75, 3.05) is 6.54 Å². The molecule has 22 heavy (non-hydrogen) atoms. The van der Waals surface area contributed by atoms with Gasteiger partial charge in [-0.05, 0) is 55.5 Å². The summed E-state index contributed by atoms with van der Waals surface area (Å²) in [5.41, 5.74) is 12.2. The molecule has 2 aromatic heterocycles. The highest BCUT2D eigenvalue weighted by Crippen LogP contribution is 2.33. The molecule has 0 aliphatic heterocycles. The first kappa shape index (κ1) is 14.8. The fourth-order valence-electron chi connectivity index (χ4n) is 3.10. The first-order valence-electron chi connectivity index (χ1n) is 8.08. The first-order valence-corrected chi connectivity index (χ1v) is 8.08. The van der Waals surface area contributed by atoms with E-state index in [0.29, 0.717) is 0 Å². The Morgan fingerprint density at radius 3 is 2.64 bits per heavy atom. The van der Waals surface area contributed by atoms with Crippen LogP contribution in [-0.4, -0.2) is 16.5 Å². The van der Waals surface area contributed by atoms with Gasteiger partial charge in [0.1, 0.15) is 0 Å². The average molecular weight is 293 g/mol. The van der Waals surface area contributed by atoms with Crippen LogP contribution >= 0.6 is 0 Å². The molecule has 0 atom stereocenters. The van der Waals surface area contributed by atoms with Crippen molar-refractivity contribution in [3.8, 4) is 11.3 Å². The van der Waals surface area contributed by atoms with Crippen molar-refractivity contribution in [2.45, 2.75) is 32.6 Å². The van der Waals surface area contributed by atoms with E-state index in [1.54, 1.807) is 0 Å². The lowest BCUT2D eigenvalue weighted by atomic mass is 9.99. The first-order chi connectivity index (χ1) is 10.8. The minimum absolute atomic E-state index is 0.757. The van der Waals surface area contributed by atoms with Crippen molar-refractivity contribution in [3.63, 3.8) is 0 Å². The Morgan fingerprint density at radius 1 is 1.09 bits per heavy atom. The van der Waals surface area contributed by atoms with Crippen LogP contribution in [0.1, 0.15) is 30.9 Å². The summed E-state index contributed by atoms with van der Waals surface area (Å²) >= 11 is 0. The van der Waals surface area contributed by atoms with Crippen LogP contribution in [0.2, 0.25) is 0 Å². The van der Waals surface area contributed by atoms with E-state index in [9.17, 15) is 0 Å². The largest absolute Gasteiger partial charge is 0.354 e. The predicted octanol–water partition coefficient (Wildman–Crippen LogP) is 4.07. The predicted molar refractivity (Wildman–Crippen MR) is 92.9 cm³/mol. The minimum atomic E-state index is 0.757. The van der Waals surface area contributed by atoms with Crippen LogP contribution in [0, 0.1) is 0 Å². The Labute approximate surface area is 131 Å². The molecule has 3 rings (SSSR count). The van der Waals surface area contributed by atoms with Gasteiger partial charge in [0.25, 0.3) is 0 Å². The van der Waals surface area contributed by atoms with Crippen molar-refractivity contribution < 1.29 is 0 Å². The number of aromatic nitrogens is 2. The minimum Gasteiger partial charge on any atom is -0.354 e. The van der Waals surface area contributed by atoms with E-state index in [0.717, 1.165) is 32.2 Å². The summed E-state index contributed by atoms with van der Waals surface area (Å²) in [7, 11) is 0. The normalized spacial score (nSPS) is 11.2. The molecule has 0 amide bonds. The van der Waals surface area contributed by atoms with Crippen molar-refractivity contribution in [3.05, 3.63) is 53.9 Å². The quantitative estimate of drug-likeness (QED) is 0.673. The van der Waals surface area contributed by atoms with Gasteiger partial charge >= 0.3 is 0 Å². The smallest absolute Gasteiger partial charge is 0.0498 e. The number of rotatable bonds is 6. The maximum absolute atomic E-state index is 5.66. The van der Waals surface area contributed by atoms with Crippen LogP contribution in [0.25, 0.3) is 22.2 Å². The summed E-state index contributed by atoms with van der Waals surface area (Å²) in [6, 6.07) is 10.7. The maximum Gasteiger partial charge on any atom is 0.0498 e. The summed E-state index contributed by atoms with van der Waals surface area (Å²) in [4.78, 5) is 7.80. The molecule has 0 aliphatic rings. The molecule has 3 N–H and O–H groups in total. The van der Waals surface area contributed by atoms with E-state index in [1.165, 1.54) is 33.3 Å². The standard InChI is InChI=1S/C19H23N3/c1-2-14-6-5-8-17-16(7-3-4-11-20)19(22-18(14)17)15-9-12-21-13-10-15/h5-6,8-10,12-13,22H,2-4,7,11,20H2,1H3. The van der Waals surface area contributed by atoms with Crippen LogP contribution in [0.15, 0.2) is 42.7 Å². The lowest BCUT2D eigenvalue weighted by molar-refractivity contribution is 0.748. The number of fused-ring (bicyclic) bond motifs is 1. The second-order valence-electron chi connectivity index (χ2n) is 5.65. The van der Waals surface area contributed by atoms with Gasteiger partial charge in [0.05, 0.1) is 0 Å². The fourth-order valence-corrected chi connectivity index (χ4v) is 3.10. The molecule has 2 heterocycles. The number of para-hydroxylation sites is 1. The van der Waals surface area contributed by atoms with Crippen LogP contribution in [0.4, 0.5) is 0 Å². The molecular formula is C19H23N3. The van der Waals surface area contributed by atoms with E-state index >= 15 is 0 Å². The average Bonchev–Trinajstić information content (AvgIpc) is 2.95. The van der Waals surface area contributed by atoms with Gasteiger partial charge in [-0.2, -0.15) is 0 Å². The van der Waals surface area contributed by atoms with Crippen molar-refractivity contribution in [2.24, 2.45) is 5.73 Å². The molecule has 0 aliphatic carbocycles. The highest BCUT2D eigenvalue weighted by atomic mass is 14.7. The number of benzene rings is 1. The zero-order chi connectivity index (χ0) is 15.4. The van der Waals surface area contributed by atoms with E-state index in [1.807, 2.05) is 12.4 Å². The number of pyridine rings is 1. The highest BCUT2D eigenvalue weighted by molar-refractivity contribution is 5.92. The van der Waals surface area contributed by atoms with Gasteiger partial charge in [-0.1, -0.05) is 25.1 Å². The highest BCUT2D eigenvalue weighted by Gasteiger charge is 2.14. The summed E-state index contributed by atoms with van der Waals surface area (Å²) < 4.78 is 0. The molecular weight excluding hydrogens is 270 g/mol. The molecule has 3 aromatic rings. The Bertz CT molecular complexity index is 744.